The Balaban J connectivity index is 2.33. The highest BCUT2D eigenvalue weighted by Gasteiger charge is 2.35. The quantitative estimate of drug-likeness (QED) is 0.880. The molecule has 0 aromatic heterocycles. The van der Waals surface area contributed by atoms with Crippen molar-refractivity contribution >= 4 is 10.0 Å². The summed E-state index contributed by atoms with van der Waals surface area (Å²) in [4.78, 5) is -0.489. The minimum absolute atomic E-state index is 0.309. The van der Waals surface area contributed by atoms with Crippen LogP contribution in [0.1, 0.15) is 24.0 Å². The van der Waals surface area contributed by atoms with Gasteiger partial charge >= 0.3 is 6.18 Å². The Kier molecular flexibility index (Phi) is 4.75. The van der Waals surface area contributed by atoms with E-state index in [4.69, 9.17) is 5.26 Å². The molecule has 1 aromatic rings. The van der Waals surface area contributed by atoms with E-state index in [1.165, 1.54) is 6.07 Å². The minimum Gasteiger partial charge on any atom is -0.317 e. The van der Waals surface area contributed by atoms with E-state index < -0.39 is 32.2 Å². The first kappa shape index (κ1) is 16.7. The van der Waals surface area contributed by atoms with E-state index in [-0.39, 0.29) is 6.04 Å². The molecule has 0 saturated carbocycles. The van der Waals surface area contributed by atoms with Crippen LogP contribution in [0.3, 0.4) is 0 Å². The summed E-state index contributed by atoms with van der Waals surface area (Å²) in [5, 5.41) is 11.8. The molecule has 0 aliphatic carbocycles. The van der Waals surface area contributed by atoms with E-state index in [1.807, 2.05) is 0 Å². The number of hydrogen-bond donors (Lipinski definition) is 2. The van der Waals surface area contributed by atoms with Gasteiger partial charge in [-0.25, -0.2) is 13.1 Å². The third-order valence-electron chi connectivity index (χ3n) is 3.39. The number of piperidine rings is 1. The largest absolute Gasteiger partial charge is 0.417 e. The molecule has 0 radical (unpaired) electrons. The Morgan fingerprint density at radius 3 is 2.45 bits per heavy atom. The van der Waals surface area contributed by atoms with Gasteiger partial charge in [-0.15, -0.1) is 0 Å². The number of sulfonamides is 1. The molecule has 1 aliphatic rings. The molecule has 1 saturated heterocycles. The van der Waals surface area contributed by atoms with Crippen LogP contribution < -0.4 is 10.0 Å². The molecule has 120 valence electrons. The van der Waals surface area contributed by atoms with E-state index in [1.54, 1.807) is 0 Å². The second-order valence-electron chi connectivity index (χ2n) is 4.96. The fourth-order valence-electron chi connectivity index (χ4n) is 2.25. The van der Waals surface area contributed by atoms with E-state index in [2.05, 4.69) is 10.0 Å². The van der Waals surface area contributed by atoms with E-state index in [0.29, 0.717) is 32.0 Å². The van der Waals surface area contributed by atoms with Gasteiger partial charge < -0.3 is 5.32 Å². The third kappa shape index (κ3) is 3.76. The molecule has 0 unspecified atom stereocenters. The van der Waals surface area contributed by atoms with Gasteiger partial charge in [-0.3, -0.25) is 0 Å². The summed E-state index contributed by atoms with van der Waals surface area (Å²) in [7, 11) is -4.05. The van der Waals surface area contributed by atoms with Crippen molar-refractivity contribution in [3.8, 4) is 6.07 Å². The molecule has 2 rings (SSSR count). The maximum absolute atomic E-state index is 12.9. The maximum Gasteiger partial charge on any atom is 0.417 e. The van der Waals surface area contributed by atoms with Gasteiger partial charge in [-0.1, -0.05) is 0 Å². The lowest BCUT2D eigenvalue weighted by Gasteiger charge is -2.23. The monoisotopic (exact) mass is 333 g/mol. The van der Waals surface area contributed by atoms with Gasteiger partial charge in [0.1, 0.15) is 0 Å². The average Bonchev–Trinajstić information content (AvgIpc) is 2.46. The van der Waals surface area contributed by atoms with Crippen LogP contribution in [-0.2, 0) is 16.2 Å². The minimum atomic E-state index is -4.79. The molecule has 0 atom stereocenters. The van der Waals surface area contributed by atoms with Gasteiger partial charge in [-0.05, 0) is 44.1 Å². The third-order valence-corrected chi connectivity index (χ3v) is 4.91. The molecule has 1 fully saturated rings. The number of nitriles is 1. The van der Waals surface area contributed by atoms with Gasteiger partial charge in [0, 0.05) is 6.04 Å². The first-order chi connectivity index (χ1) is 10.2. The summed E-state index contributed by atoms with van der Waals surface area (Å²) in [6.45, 7) is 1.29. The van der Waals surface area contributed by atoms with E-state index in [9.17, 15) is 21.6 Å². The summed E-state index contributed by atoms with van der Waals surface area (Å²) in [5.74, 6) is 0. The van der Waals surface area contributed by atoms with Crippen LogP contribution >= 0.6 is 0 Å². The van der Waals surface area contributed by atoms with Crippen LogP contribution in [0.15, 0.2) is 23.1 Å². The molecule has 0 bridgehead atoms. The molecule has 9 heteroatoms. The zero-order chi connectivity index (χ0) is 16.4. The van der Waals surface area contributed by atoms with E-state index in [0.717, 1.165) is 12.1 Å². The fourth-order valence-corrected chi connectivity index (χ4v) is 3.58. The van der Waals surface area contributed by atoms with Crippen molar-refractivity contribution in [2.45, 2.75) is 30.0 Å². The Bertz CT molecular complexity index is 689. The fraction of sp³-hybridized carbons (Fsp3) is 0.462. The van der Waals surface area contributed by atoms with Crippen molar-refractivity contribution < 1.29 is 21.6 Å². The van der Waals surface area contributed by atoms with Crippen LogP contribution in [0.5, 0.6) is 0 Å². The van der Waals surface area contributed by atoms with E-state index >= 15 is 0 Å². The summed E-state index contributed by atoms with van der Waals surface area (Å²) < 4.78 is 65.5. The molecular formula is C13H14F3N3O2S. The topological polar surface area (TPSA) is 82.0 Å². The summed E-state index contributed by atoms with van der Waals surface area (Å²) >= 11 is 0. The van der Waals surface area contributed by atoms with Crippen LogP contribution in [0.25, 0.3) is 0 Å². The van der Waals surface area contributed by atoms with Gasteiger partial charge in [-0.2, -0.15) is 18.4 Å². The van der Waals surface area contributed by atoms with Crippen molar-refractivity contribution in [2.24, 2.45) is 0 Å². The van der Waals surface area contributed by atoms with Gasteiger partial charge in [0.15, 0.2) is 0 Å². The normalized spacial score (nSPS) is 17.2. The molecule has 22 heavy (non-hydrogen) atoms. The molecule has 1 aromatic carbocycles. The lowest BCUT2D eigenvalue weighted by molar-refractivity contribution is -0.137. The molecule has 0 spiro atoms. The average molecular weight is 333 g/mol. The Morgan fingerprint density at radius 1 is 1.27 bits per heavy atom. The van der Waals surface area contributed by atoms with Crippen molar-refractivity contribution in [3.05, 3.63) is 29.3 Å². The second-order valence-corrected chi connectivity index (χ2v) is 6.68. The number of benzene rings is 1. The first-order valence-electron chi connectivity index (χ1n) is 6.58. The van der Waals surface area contributed by atoms with Crippen molar-refractivity contribution in [2.75, 3.05) is 13.1 Å². The van der Waals surface area contributed by atoms with Crippen LogP contribution in [0, 0.1) is 11.3 Å². The van der Waals surface area contributed by atoms with Gasteiger partial charge in [0.05, 0.1) is 22.1 Å². The SMILES string of the molecule is N#Cc1ccc(S(=O)(=O)NC2CCNCC2)cc1C(F)(F)F. The van der Waals surface area contributed by atoms with Gasteiger partial charge in [0.2, 0.25) is 10.0 Å². The highest BCUT2D eigenvalue weighted by atomic mass is 32.2. The molecular weight excluding hydrogens is 319 g/mol. The summed E-state index contributed by atoms with van der Waals surface area (Å²) in [5.41, 5.74) is -1.85. The zero-order valence-electron chi connectivity index (χ0n) is 11.4. The predicted octanol–water partition coefficient (Wildman–Crippen LogP) is 1.61. The number of halogens is 3. The van der Waals surface area contributed by atoms with Crippen LogP contribution in [-0.4, -0.2) is 27.5 Å². The lowest BCUT2D eigenvalue weighted by Crippen LogP contribution is -2.42. The number of nitrogens with one attached hydrogen (secondary N) is 2. The predicted molar refractivity (Wildman–Crippen MR) is 72.4 cm³/mol. The first-order valence-corrected chi connectivity index (χ1v) is 8.07. The van der Waals surface area contributed by atoms with Crippen molar-refractivity contribution in [3.63, 3.8) is 0 Å². The summed E-state index contributed by atoms with van der Waals surface area (Å²) in [6, 6.07) is 3.50. The number of rotatable bonds is 3. The molecule has 5 nitrogen and oxygen atoms in total. The number of nitrogens with zero attached hydrogens (tertiary/aromatic N) is 1. The molecule has 0 amide bonds. The standard InChI is InChI=1S/C13H14F3N3O2S/c14-13(15,16)12-7-11(2-1-9(12)8-17)22(20,21)19-10-3-5-18-6-4-10/h1-2,7,10,18-19H,3-6H2. The lowest BCUT2D eigenvalue weighted by atomic mass is 10.1. The number of alkyl halides is 3. The smallest absolute Gasteiger partial charge is 0.317 e. The summed E-state index contributed by atoms with van der Waals surface area (Å²) in [6.07, 6.45) is -3.64. The maximum atomic E-state index is 12.9. The van der Waals surface area contributed by atoms with Crippen molar-refractivity contribution in [1.29, 1.82) is 5.26 Å². The highest BCUT2D eigenvalue weighted by Crippen LogP contribution is 2.33. The van der Waals surface area contributed by atoms with Crippen molar-refractivity contribution in [1.82, 2.24) is 10.0 Å². The molecule has 2 N–H and O–H groups in total. The van der Waals surface area contributed by atoms with Gasteiger partial charge in [0.25, 0.3) is 0 Å². The number of hydrogen-bond acceptors (Lipinski definition) is 4. The molecule has 1 heterocycles. The highest BCUT2D eigenvalue weighted by molar-refractivity contribution is 7.89. The van der Waals surface area contributed by atoms with Crippen LogP contribution in [0.2, 0.25) is 0 Å². The van der Waals surface area contributed by atoms with Crippen LogP contribution in [0.4, 0.5) is 13.2 Å². The zero-order valence-corrected chi connectivity index (χ0v) is 12.3. The molecule has 1 aliphatic heterocycles. The Morgan fingerprint density at radius 2 is 1.91 bits per heavy atom. The Labute approximate surface area is 126 Å². The Hall–Kier alpha value is -1.63. The second kappa shape index (κ2) is 6.24.